The first-order valence-electron chi connectivity index (χ1n) is 4.62. The largest absolute Gasteiger partial charge is 0.0795 e. The highest BCUT2D eigenvalue weighted by molar-refractivity contribution is 5.76. The van der Waals surface area contributed by atoms with Gasteiger partial charge in [0.15, 0.2) is 0 Å². The maximum atomic E-state index is 2.23. The van der Waals surface area contributed by atoms with Crippen molar-refractivity contribution in [1.82, 2.24) is 0 Å². The summed E-state index contributed by atoms with van der Waals surface area (Å²) in [7, 11) is 0. The third-order valence-electron chi connectivity index (χ3n) is 2.69. The van der Waals surface area contributed by atoms with Crippen molar-refractivity contribution in [2.75, 3.05) is 0 Å². The number of rotatable bonds is 0. The standard InChI is InChI=1S/C13H10/c1-4-10-6-2-8-12(10)13-9-3-7-11(13)5-1/h1-8H,9H2. The Morgan fingerprint density at radius 1 is 0.923 bits per heavy atom. The lowest BCUT2D eigenvalue weighted by Gasteiger charge is -1.99. The molecule has 0 aromatic rings. The molecule has 0 atom stereocenters. The van der Waals surface area contributed by atoms with E-state index in [-0.39, 0.29) is 0 Å². The quantitative estimate of drug-likeness (QED) is 0.563. The second kappa shape index (κ2) is 2.46. The Bertz CT molecular complexity index is 452. The highest BCUT2D eigenvalue weighted by atomic mass is 14.1. The first-order valence-corrected chi connectivity index (χ1v) is 4.62. The minimum Gasteiger partial charge on any atom is -0.0795 e. The molecule has 0 bridgehead atoms. The molecule has 0 aromatic carbocycles. The molecule has 0 amide bonds. The monoisotopic (exact) mass is 166 g/mol. The van der Waals surface area contributed by atoms with E-state index < -0.39 is 0 Å². The molecular formula is C13H10. The molecule has 0 saturated heterocycles. The van der Waals surface area contributed by atoms with Crippen molar-refractivity contribution < 1.29 is 0 Å². The second-order valence-electron chi connectivity index (χ2n) is 3.46. The Labute approximate surface area is 77.9 Å². The van der Waals surface area contributed by atoms with Gasteiger partial charge in [0.2, 0.25) is 0 Å². The molecule has 0 saturated carbocycles. The lowest BCUT2D eigenvalue weighted by atomic mass is 10.1. The van der Waals surface area contributed by atoms with E-state index in [1.165, 1.54) is 22.3 Å². The van der Waals surface area contributed by atoms with Crippen molar-refractivity contribution in [2.24, 2.45) is 0 Å². The van der Waals surface area contributed by atoms with Crippen LogP contribution in [-0.2, 0) is 6.42 Å². The van der Waals surface area contributed by atoms with Crippen LogP contribution in [0.3, 0.4) is 0 Å². The van der Waals surface area contributed by atoms with Crippen LogP contribution in [0.1, 0.15) is 11.1 Å². The SMILES string of the molecule is C1=Cc2cccc3cccc-3c2C1. The third-order valence-corrected chi connectivity index (χ3v) is 2.69. The summed E-state index contributed by atoms with van der Waals surface area (Å²) in [4.78, 5) is 0. The van der Waals surface area contributed by atoms with Crippen LogP contribution in [0, 0.1) is 0 Å². The van der Waals surface area contributed by atoms with Gasteiger partial charge in [0, 0.05) is 0 Å². The first-order chi connectivity index (χ1) is 6.45. The van der Waals surface area contributed by atoms with Gasteiger partial charge in [-0.3, -0.25) is 0 Å². The summed E-state index contributed by atoms with van der Waals surface area (Å²) in [6.07, 6.45) is 5.53. The molecule has 0 nitrogen and oxygen atoms in total. The van der Waals surface area contributed by atoms with Gasteiger partial charge in [-0.1, -0.05) is 48.6 Å². The summed E-state index contributed by atoms with van der Waals surface area (Å²) in [6, 6.07) is 13.0. The van der Waals surface area contributed by atoms with E-state index in [9.17, 15) is 0 Å². The van der Waals surface area contributed by atoms with Crippen molar-refractivity contribution in [3.05, 3.63) is 53.6 Å². The van der Waals surface area contributed by atoms with Crippen LogP contribution in [0.4, 0.5) is 0 Å². The first kappa shape index (κ1) is 6.90. The fraction of sp³-hybridized carbons (Fsp3) is 0.0769. The predicted octanol–water partition coefficient (Wildman–Crippen LogP) is 3.36. The maximum absolute atomic E-state index is 2.23. The van der Waals surface area contributed by atoms with Gasteiger partial charge in [-0.15, -0.1) is 0 Å². The number of hydrogen-bond acceptors (Lipinski definition) is 0. The Kier molecular flexibility index (Phi) is 1.31. The van der Waals surface area contributed by atoms with Crippen molar-refractivity contribution in [3.63, 3.8) is 0 Å². The number of allylic oxidation sites excluding steroid dienone is 1. The molecule has 13 heavy (non-hydrogen) atoms. The zero-order chi connectivity index (χ0) is 8.67. The fourth-order valence-corrected chi connectivity index (χ4v) is 2.05. The molecule has 0 aromatic heterocycles. The van der Waals surface area contributed by atoms with Gasteiger partial charge in [0.05, 0.1) is 0 Å². The van der Waals surface area contributed by atoms with Crippen LogP contribution < -0.4 is 0 Å². The van der Waals surface area contributed by atoms with Gasteiger partial charge in [-0.25, -0.2) is 0 Å². The Hall–Kier alpha value is -1.56. The highest BCUT2D eigenvalue weighted by Crippen LogP contribution is 2.31. The van der Waals surface area contributed by atoms with E-state index in [1.807, 2.05) is 0 Å². The van der Waals surface area contributed by atoms with Crippen molar-refractivity contribution in [3.8, 4) is 11.1 Å². The zero-order valence-electron chi connectivity index (χ0n) is 7.33. The van der Waals surface area contributed by atoms with E-state index in [4.69, 9.17) is 0 Å². The van der Waals surface area contributed by atoms with Gasteiger partial charge in [-0.2, -0.15) is 0 Å². The molecule has 0 radical (unpaired) electrons. The van der Waals surface area contributed by atoms with Gasteiger partial charge < -0.3 is 0 Å². The van der Waals surface area contributed by atoms with Crippen molar-refractivity contribution >= 4 is 6.08 Å². The van der Waals surface area contributed by atoms with Crippen LogP contribution in [0.5, 0.6) is 0 Å². The minimum absolute atomic E-state index is 1.09. The fourth-order valence-electron chi connectivity index (χ4n) is 2.05. The molecule has 0 heteroatoms. The molecule has 0 spiro atoms. The molecule has 0 aliphatic heterocycles. The summed E-state index contributed by atoms with van der Waals surface area (Å²) in [5.41, 5.74) is 5.61. The van der Waals surface area contributed by atoms with Crippen molar-refractivity contribution in [2.45, 2.75) is 6.42 Å². The minimum atomic E-state index is 1.09. The van der Waals surface area contributed by atoms with Crippen LogP contribution >= 0.6 is 0 Å². The third kappa shape index (κ3) is 0.919. The predicted molar refractivity (Wildman–Crippen MR) is 55.8 cm³/mol. The number of hydrogen-bond donors (Lipinski definition) is 0. The lowest BCUT2D eigenvalue weighted by molar-refractivity contribution is 1.33. The van der Waals surface area contributed by atoms with Gasteiger partial charge in [-0.05, 0) is 28.7 Å². The average Bonchev–Trinajstić information content (AvgIpc) is 2.72. The van der Waals surface area contributed by atoms with E-state index >= 15 is 0 Å². The summed E-state index contributed by atoms with van der Waals surface area (Å²) in [6.45, 7) is 0. The van der Waals surface area contributed by atoms with Crippen molar-refractivity contribution in [1.29, 1.82) is 0 Å². The van der Waals surface area contributed by atoms with E-state index in [0.29, 0.717) is 0 Å². The van der Waals surface area contributed by atoms with Crippen LogP contribution in [-0.4, -0.2) is 0 Å². The summed E-state index contributed by atoms with van der Waals surface area (Å²) in [5.74, 6) is 0. The zero-order valence-corrected chi connectivity index (χ0v) is 7.33. The highest BCUT2D eigenvalue weighted by Gasteiger charge is 2.11. The van der Waals surface area contributed by atoms with E-state index in [2.05, 4.69) is 48.6 Å². The summed E-state index contributed by atoms with van der Waals surface area (Å²) >= 11 is 0. The average molecular weight is 166 g/mol. The van der Waals surface area contributed by atoms with Gasteiger partial charge >= 0.3 is 0 Å². The van der Waals surface area contributed by atoms with Crippen LogP contribution in [0.2, 0.25) is 0 Å². The van der Waals surface area contributed by atoms with E-state index in [1.54, 1.807) is 0 Å². The Balaban J connectivity index is 2.41. The maximum Gasteiger partial charge on any atom is -0.00820 e. The van der Waals surface area contributed by atoms with Gasteiger partial charge in [0.25, 0.3) is 0 Å². The Morgan fingerprint density at radius 2 is 1.77 bits per heavy atom. The summed E-state index contributed by atoms with van der Waals surface area (Å²) < 4.78 is 0. The molecular weight excluding hydrogens is 156 g/mol. The smallest absolute Gasteiger partial charge is 0.00820 e. The van der Waals surface area contributed by atoms with Gasteiger partial charge in [0.1, 0.15) is 0 Å². The van der Waals surface area contributed by atoms with Crippen LogP contribution in [0.15, 0.2) is 42.5 Å². The molecule has 0 unspecified atom stereocenters. The normalized spacial score (nSPS) is 13.5. The molecule has 3 aliphatic carbocycles. The Morgan fingerprint density at radius 3 is 2.69 bits per heavy atom. The van der Waals surface area contributed by atoms with E-state index in [0.717, 1.165) is 6.42 Å². The molecule has 62 valence electrons. The molecule has 0 heterocycles. The lowest BCUT2D eigenvalue weighted by Crippen LogP contribution is -1.80. The molecule has 0 fully saturated rings. The molecule has 0 N–H and O–H groups in total. The second-order valence-corrected chi connectivity index (χ2v) is 3.46. The number of fused-ring (bicyclic) bond motifs is 3. The molecule has 3 aliphatic rings. The van der Waals surface area contributed by atoms with Crippen LogP contribution in [0.25, 0.3) is 17.2 Å². The molecule has 3 rings (SSSR count). The topological polar surface area (TPSA) is 0 Å². The summed E-state index contributed by atoms with van der Waals surface area (Å²) in [5, 5.41) is 0.